The van der Waals surface area contributed by atoms with Crippen LogP contribution in [-0.4, -0.2) is 34.5 Å². The number of nitrogens with one attached hydrogen (secondary N) is 1. The van der Waals surface area contributed by atoms with E-state index >= 15 is 0 Å². The van der Waals surface area contributed by atoms with E-state index in [-0.39, 0.29) is 23.8 Å². The first-order valence-electron chi connectivity index (χ1n) is 7.99. The van der Waals surface area contributed by atoms with Gasteiger partial charge in [0, 0.05) is 31.0 Å². The summed E-state index contributed by atoms with van der Waals surface area (Å²) in [5.41, 5.74) is 1.84. The van der Waals surface area contributed by atoms with Crippen LogP contribution in [0.3, 0.4) is 0 Å². The monoisotopic (exact) mass is 315 g/mol. The first-order chi connectivity index (χ1) is 11.1. The van der Waals surface area contributed by atoms with E-state index in [0.717, 1.165) is 17.8 Å². The number of hydrogen-bond donors (Lipinski definition) is 1. The minimum Gasteiger partial charge on any atom is -0.348 e. The summed E-state index contributed by atoms with van der Waals surface area (Å²) in [6, 6.07) is 10.5. The molecule has 23 heavy (non-hydrogen) atoms. The smallest absolute Gasteiger partial charge is 0.237 e. The summed E-state index contributed by atoms with van der Waals surface area (Å²) in [7, 11) is 0. The number of rotatable bonds is 4. The predicted molar refractivity (Wildman–Crippen MR) is 87.5 cm³/mol. The fourth-order valence-corrected chi connectivity index (χ4v) is 3.07. The molecule has 0 fully saturated rings. The van der Waals surface area contributed by atoms with Gasteiger partial charge in [0.05, 0.1) is 12.6 Å². The van der Waals surface area contributed by atoms with Gasteiger partial charge in [-0.15, -0.1) is 0 Å². The van der Waals surface area contributed by atoms with Gasteiger partial charge in [-0.1, -0.05) is 26.0 Å². The first kappa shape index (κ1) is 15.7. The molecular formula is C18H22FN3O. The van der Waals surface area contributed by atoms with Crippen LogP contribution in [0.5, 0.6) is 0 Å². The Morgan fingerprint density at radius 2 is 2.13 bits per heavy atom. The standard InChI is InChI=1S/C18H22FN3O/c1-13(2)20-12-17(23)22-10-9-21-8-4-7-16(21)18(22)14-5-3-6-15(19)11-14/h3-8,11,13,18,20H,9-10,12H2,1-2H3. The number of hydrogen-bond acceptors (Lipinski definition) is 2. The molecule has 0 aliphatic carbocycles. The quantitative estimate of drug-likeness (QED) is 0.941. The van der Waals surface area contributed by atoms with Gasteiger partial charge >= 0.3 is 0 Å². The SMILES string of the molecule is CC(C)NCC(=O)N1CCn2cccc2C1c1cccc(F)c1. The molecule has 1 aromatic heterocycles. The summed E-state index contributed by atoms with van der Waals surface area (Å²) >= 11 is 0. The Morgan fingerprint density at radius 3 is 2.87 bits per heavy atom. The predicted octanol–water partition coefficient (Wildman–Crippen LogP) is 2.56. The zero-order valence-electron chi connectivity index (χ0n) is 13.5. The zero-order valence-corrected chi connectivity index (χ0v) is 13.5. The normalized spacial score (nSPS) is 17.4. The lowest BCUT2D eigenvalue weighted by atomic mass is 9.99. The van der Waals surface area contributed by atoms with E-state index in [1.807, 2.05) is 43.1 Å². The Hall–Kier alpha value is -2.14. The molecule has 0 saturated heterocycles. The molecule has 122 valence electrons. The van der Waals surface area contributed by atoms with E-state index < -0.39 is 0 Å². The highest BCUT2D eigenvalue weighted by atomic mass is 19.1. The highest BCUT2D eigenvalue weighted by Gasteiger charge is 2.32. The second-order valence-corrected chi connectivity index (χ2v) is 6.21. The Labute approximate surface area is 135 Å². The van der Waals surface area contributed by atoms with Crippen molar-refractivity contribution in [3.05, 3.63) is 59.7 Å². The minimum absolute atomic E-state index is 0.0420. The van der Waals surface area contributed by atoms with E-state index in [9.17, 15) is 9.18 Å². The second-order valence-electron chi connectivity index (χ2n) is 6.21. The fraction of sp³-hybridized carbons (Fsp3) is 0.389. The summed E-state index contributed by atoms with van der Waals surface area (Å²) in [6.07, 6.45) is 2.01. The maximum atomic E-state index is 13.7. The van der Waals surface area contributed by atoms with Crippen LogP contribution in [0.15, 0.2) is 42.6 Å². The summed E-state index contributed by atoms with van der Waals surface area (Å²) in [5, 5.41) is 3.17. The Kier molecular flexibility index (Phi) is 4.48. The largest absolute Gasteiger partial charge is 0.348 e. The lowest BCUT2D eigenvalue weighted by Gasteiger charge is -2.37. The molecule has 1 aliphatic rings. The van der Waals surface area contributed by atoms with Crippen molar-refractivity contribution >= 4 is 5.91 Å². The van der Waals surface area contributed by atoms with Gasteiger partial charge in [0.15, 0.2) is 0 Å². The molecule has 0 radical (unpaired) electrons. The maximum Gasteiger partial charge on any atom is 0.237 e. The molecule has 3 rings (SSSR count). The number of nitrogens with zero attached hydrogens (tertiary/aromatic N) is 2. The third-order valence-electron chi connectivity index (χ3n) is 4.18. The summed E-state index contributed by atoms with van der Waals surface area (Å²) in [5.74, 6) is -0.237. The molecule has 4 nitrogen and oxygen atoms in total. The van der Waals surface area contributed by atoms with Crippen LogP contribution < -0.4 is 5.32 Å². The first-order valence-corrected chi connectivity index (χ1v) is 7.99. The number of carbonyl (C=O) groups excluding carboxylic acids is 1. The van der Waals surface area contributed by atoms with E-state index in [4.69, 9.17) is 0 Å². The number of fused-ring (bicyclic) bond motifs is 1. The van der Waals surface area contributed by atoms with Gasteiger partial charge < -0.3 is 14.8 Å². The Morgan fingerprint density at radius 1 is 1.30 bits per heavy atom. The minimum atomic E-state index is -0.279. The van der Waals surface area contributed by atoms with Crippen molar-refractivity contribution in [3.8, 4) is 0 Å². The highest BCUT2D eigenvalue weighted by molar-refractivity contribution is 5.79. The van der Waals surface area contributed by atoms with Gasteiger partial charge in [-0.25, -0.2) is 4.39 Å². The Balaban J connectivity index is 1.94. The van der Waals surface area contributed by atoms with E-state index in [2.05, 4.69) is 9.88 Å². The topological polar surface area (TPSA) is 37.3 Å². The number of halogens is 1. The third kappa shape index (κ3) is 3.29. The van der Waals surface area contributed by atoms with Crippen LogP contribution in [0, 0.1) is 5.82 Å². The zero-order chi connectivity index (χ0) is 16.4. The van der Waals surface area contributed by atoms with Gasteiger partial charge in [0.25, 0.3) is 0 Å². The molecule has 1 amide bonds. The molecule has 1 aliphatic heterocycles. The molecule has 0 bridgehead atoms. The van der Waals surface area contributed by atoms with Crippen LogP contribution in [0.2, 0.25) is 0 Å². The molecule has 1 aromatic carbocycles. The van der Waals surface area contributed by atoms with Gasteiger partial charge in [-0.2, -0.15) is 0 Å². The number of carbonyl (C=O) groups is 1. The molecule has 1 unspecified atom stereocenters. The lowest BCUT2D eigenvalue weighted by molar-refractivity contribution is -0.133. The molecule has 2 heterocycles. The van der Waals surface area contributed by atoms with Gasteiger partial charge in [-0.05, 0) is 29.8 Å². The van der Waals surface area contributed by atoms with Crippen molar-refractivity contribution in [1.29, 1.82) is 0 Å². The Bertz CT molecular complexity index is 695. The molecule has 0 spiro atoms. The average Bonchev–Trinajstić information content (AvgIpc) is 3.00. The van der Waals surface area contributed by atoms with Crippen molar-refractivity contribution in [2.45, 2.75) is 32.5 Å². The maximum absolute atomic E-state index is 13.7. The van der Waals surface area contributed by atoms with Crippen LogP contribution in [0.25, 0.3) is 0 Å². The number of amides is 1. The van der Waals surface area contributed by atoms with Crippen molar-refractivity contribution in [2.75, 3.05) is 13.1 Å². The van der Waals surface area contributed by atoms with Gasteiger partial charge in [0.1, 0.15) is 5.82 Å². The molecule has 0 saturated carbocycles. The molecular weight excluding hydrogens is 293 g/mol. The van der Waals surface area contributed by atoms with Crippen LogP contribution in [-0.2, 0) is 11.3 Å². The highest BCUT2D eigenvalue weighted by Crippen LogP contribution is 2.32. The number of benzene rings is 1. The molecule has 2 aromatic rings. The number of aromatic nitrogens is 1. The second kappa shape index (κ2) is 6.54. The molecule has 1 N–H and O–H groups in total. The van der Waals surface area contributed by atoms with Crippen molar-refractivity contribution in [2.24, 2.45) is 0 Å². The van der Waals surface area contributed by atoms with E-state index in [1.54, 1.807) is 6.07 Å². The van der Waals surface area contributed by atoms with Crippen LogP contribution in [0.1, 0.15) is 31.1 Å². The van der Waals surface area contributed by atoms with Crippen molar-refractivity contribution < 1.29 is 9.18 Å². The van der Waals surface area contributed by atoms with Gasteiger partial charge in [-0.3, -0.25) is 4.79 Å². The van der Waals surface area contributed by atoms with Crippen molar-refractivity contribution in [1.82, 2.24) is 14.8 Å². The lowest BCUT2D eigenvalue weighted by Crippen LogP contribution is -2.46. The fourth-order valence-electron chi connectivity index (χ4n) is 3.07. The van der Waals surface area contributed by atoms with E-state index in [0.29, 0.717) is 13.1 Å². The molecule has 5 heteroatoms. The summed E-state index contributed by atoms with van der Waals surface area (Å²) in [4.78, 5) is 14.5. The van der Waals surface area contributed by atoms with E-state index in [1.165, 1.54) is 12.1 Å². The van der Waals surface area contributed by atoms with Gasteiger partial charge in [0.2, 0.25) is 5.91 Å². The van der Waals surface area contributed by atoms with Crippen molar-refractivity contribution in [3.63, 3.8) is 0 Å². The van der Waals surface area contributed by atoms with Crippen LogP contribution >= 0.6 is 0 Å². The molecule has 1 atom stereocenters. The summed E-state index contributed by atoms with van der Waals surface area (Å²) in [6.45, 7) is 5.71. The summed E-state index contributed by atoms with van der Waals surface area (Å²) < 4.78 is 15.8. The average molecular weight is 315 g/mol. The van der Waals surface area contributed by atoms with Crippen LogP contribution in [0.4, 0.5) is 4.39 Å². The third-order valence-corrected chi connectivity index (χ3v) is 4.18.